The van der Waals surface area contributed by atoms with E-state index >= 15 is 0 Å². The van der Waals surface area contributed by atoms with Crippen LogP contribution in [0.3, 0.4) is 0 Å². The molecule has 0 unspecified atom stereocenters. The van der Waals surface area contributed by atoms with E-state index in [0.29, 0.717) is 16.3 Å². The van der Waals surface area contributed by atoms with Crippen molar-refractivity contribution in [2.24, 2.45) is 0 Å². The Morgan fingerprint density at radius 1 is 0.895 bits per heavy atom. The number of benzene rings is 2. The first-order valence-electron chi connectivity index (χ1n) is 5.09. The van der Waals surface area contributed by atoms with Crippen LogP contribution in [-0.2, 0) is 20.2 Å². The molecule has 2 aromatic rings. The zero-order chi connectivity index (χ0) is 14.4. The summed E-state index contributed by atoms with van der Waals surface area (Å²) in [6.07, 6.45) is 0. The van der Waals surface area contributed by atoms with E-state index in [1.54, 1.807) is 0 Å². The fraction of sp³-hybridized carbons (Fsp3) is 0.0909. The Morgan fingerprint density at radius 2 is 1.53 bits per heavy atom. The molecule has 6 nitrogen and oxygen atoms in total. The molecule has 0 atom stereocenters. The van der Waals surface area contributed by atoms with Crippen molar-refractivity contribution in [2.45, 2.75) is 16.7 Å². The summed E-state index contributed by atoms with van der Waals surface area (Å²) >= 11 is 0. The predicted octanol–water partition coefficient (Wildman–Crippen LogP) is 1.64. The summed E-state index contributed by atoms with van der Waals surface area (Å²) in [7, 11) is -8.64. The average Bonchev–Trinajstić information content (AvgIpc) is 2.26. The molecule has 0 aliphatic carbocycles. The lowest BCUT2D eigenvalue weighted by Gasteiger charge is -2.08. The van der Waals surface area contributed by atoms with Crippen LogP contribution >= 0.6 is 0 Å². The van der Waals surface area contributed by atoms with Gasteiger partial charge in [0, 0.05) is 0 Å². The maximum atomic E-state index is 11.1. The lowest BCUT2D eigenvalue weighted by molar-refractivity contribution is 0.480. The Bertz CT molecular complexity index is 865. The van der Waals surface area contributed by atoms with Crippen molar-refractivity contribution in [1.29, 1.82) is 0 Å². The maximum Gasteiger partial charge on any atom is 0.294 e. The van der Waals surface area contributed by atoms with Gasteiger partial charge in [-0.3, -0.25) is 9.11 Å². The summed E-state index contributed by atoms with van der Waals surface area (Å²) in [5.41, 5.74) is 0.307. The Morgan fingerprint density at radius 3 is 2.05 bits per heavy atom. The second-order valence-corrected chi connectivity index (χ2v) is 6.83. The predicted molar refractivity (Wildman–Crippen MR) is 68.3 cm³/mol. The Hall–Kier alpha value is -1.48. The fourth-order valence-electron chi connectivity index (χ4n) is 1.88. The molecule has 2 N–H and O–H groups in total. The van der Waals surface area contributed by atoms with Gasteiger partial charge in [-0.15, -0.1) is 0 Å². The van der Waals surface area contributed by atoms with E-state index in [1.807, 2.05) is 0 Å². The fourth-order valence-corrected chi connectivity index (χ4v) is 3.14. The SMILES string of the molecule is Cc1c(S(=O)(=O)O)ccc2cc(S(=O)(=O)O)ccc12. The molecule has 0 saturated carbocycles. The van der Waals surface area contributed by atoms with E-state index in [0.717, 1.165) is 0 Å². The van der Waals surface area contributed by atoms with Gasteiger partial charge in [0.15, 0.2) is 0 Å². The van der Waals surface area contributed by atoms with Crippen LogP contribution in [0.25, 0.3) is 10.8 Å². The normalized spacial score (nSPS) is 12.8. The molecule has 0 aliphatic rings. The maximum absolute atomic E-state index is 11.1. The van der Waals surface area contributed by atoms with Crippen LogP contribution < -0.4 is 0 Å². The van der Waals surface area contributed by atoms with Gasteiger partial charge in [-0.1, -0.05) is 12.1 Å². The quantitative estimate of drug-likeness (QED) is 0.816. The lowest BCUT2D eigenvalue weighted by atomic mass is 10.1. The van der Waals surface area contributed by atoms with Crippen molar-refractivity contribution in [3.05, 3.63) is 35.9 Å². The number of hydrogen-bond acceptors (Lipinski definition) is 4. The number of hydrogen-bond donors (Lipinski definition) is 2. The Balaban J connectivity index is 2.82. The third-order valence-electron chi connectivity index (χ3n) is 2.79. The minimum Gasteiger partial charge on any atom is -0.282 e. The summed E-state index contributed by atoms with van der Waals surface area (Å²) in [5, 5.41) is 0.919. The molecule has 19 heavy (non-hydrogen) atoms. The number of rotatable bonds is 2. The molecule has 2 aromatic carbocycles. The van der Waals surface area contributed by atoms with Crippen molar-refractivity contribution in [2.75, 3.05) is 0 Å². The van der Waals surface area contributed by atoms with Crippen LogP contribution in [0.4, 0.5) is 0 Å². The van der Waals surface area contributed by atoms with Crippen molar-refractivity contribution in [1.82, 2.24) is 0 Å². The standard InChI is InChI=1S/C11H10O6S2/c1-7-10-4-3-9(18(12,13)14)6-8(10)2-5-11(7)19(15,16)17/h2-6H,1H3,(H,12,13,14)(H,15,16,17). The van der Waals surface area contributed by atoms with Gasteiger partial charge in [-0.25, -0.2) is 0 Å². The molecule has 0 aliphatic heterocycles. The molecule has 0 bridgehead atoms. The number of aryl methyl sites for hydroxylation is 1. The van der Waals surface area contributed by atoms with Gasteiger partial charge in [-0.2, -0.15) is 16.8 Å². The van der Waals surface area contributed by atoms with Crippen molar-refractivity contribution in [3.63, 3.8) is 0 Å². The monoisotopic (exact) mass is 302 g/mol. The summed E-state index contributed by atoms with van der Waals surface area (Å²) in [4.78, 5) is -0.515. The largest absolute Gasteiger partial charge is 0.294 e. The molecule has 0 spiro atoms. The molecular weight excluding hydrogens is 292 g/mol. The Labute approximate surface area is 110 Å². The minimum absolute atomic E-state index is 0.236. The first-order chi connectivity index (χ1) is 8.60. The van der Waals surface area contributed by atoms with Gasteiger partial charge in [0.25, 0.3) is 20.2 Å². The molecule has 0 amide bonds. The highest BCUT2D eigenvalue weighted by molar-refractivity contribution is 7.86. The molecule has 2 rings (SSSR count). The van der Waals surface area contributed by atoms with E-state index < -0.39 is 20.2 Å². The summed E-state index contributed by atoms with van der Waals surface area (Å²) in [6.45, 7) is 1.50. The first-order valence-corrected chi connectivity index (χ1v) is 7.97. The summed E-state index contributed by atoms with van der Waals surface area (Å²) < 4.78 is 62.3. The van der Waals surface area contributed by atoms with E-state index in [1.165, 1.54) is 37.3 Å². The van der Waals surface area contributed by atoms with Crippen molar-refractivity contribution >= 4 is 31.0 Å². The Kier molecular flexibility index (Phi) is 3.13. The van der Waals surface area contributed by atoms with Crippen LogP contribution in [0, 0.1) is 6.92 Å². The highest BCUT2D eigenvalue weighted by Crippen LogP contribution is 2.26. The van der Waals surface area contributed by atoms with Crippen LogP contribution in [0.2, 0.25) is 0 Å². The molecular formula is C11H10O6S2. The molecule has 0 radical (unpaired) electrons. The van der Waals surface area contributed by atoms with E-state index in [4.69, 9.17) is 9.11 Å². The minimum atomic E-state index is -4.33. The second-order valence-electron chi connectivity index (χ2n) is 4.02. The molecule has 0 heterocycles. The van der Waals surface area contributed by atoms with Gasteiger partial charge in [0.05, 0.1) is 9.79 Å². The zero-order valence-electron chi connectivity index (χ0n) is 9.73. The molecule has 0 fully saturated rings. The van der Waals surface area contributed by atoms with Crippen molar-refractivity contribution < 1.29 is 25.9 Å². The van der Waals surface area contributed by atoms with E-state index in [2.05, 4.69) is 0 Å². The topological polar surface area (TPSA) is 109 Å². The van der Waals surface area contributed by atoms with Crippen LogP contribution in [0.5, 0.6) is 0 Å². The van der Waals surface area contributed by atoms with E-state index in [-0.39, 0.29) is 9.79 Å². The first kappa shape index (κ1) is 13.9. The van der Waals surface area contributed by atoms with Crippen LogP contribution in [0.15, 0.2) is 40.1 Å². The van der Waals surface area contributed by atoms with Crippen LogP contribution in [0.1, 0.15) is 5.56 Å². The third kappa shape index (κ3) is 2.61. The van der Waals surface area contributed by atoms with Gasteiger partial charge < -0.3 is 0 Å². The van der Waals surface area contributed by atoms with Gasteiger partial charge in [0.2, 0.25) is 0 Å². The second kappa shape index (κ2) is 4.27. The van der Waals surface area contributed by atoms with E-state index in [9.17, 15) is 16.8 Å². The van der Waals surface area contributed by atoms with Crippen molar-refractivity contribution in [3.8, 4) is 0 Å². The highest BCUT2D eigenvalue weighted by atomic mass is 32.2. The highest BCUT2D eigenvalue weighted by Gasteiger charge is 2.16. The molecule has 102 valence electrons. The smallest absolute Gasteiger partial charge is 0.282 e. The summed E-state index contributed by atoms with van der Waals surface area (Å²) in [5.74, 6) is 0. The molecule has 0 saturated heterocycles. The average molecular weight is 302 g/mol. The summed E-state index contributed by atoms with van der Waals surface area (Å²) in [6, 6.07) is 6.31. The van der Waals surface area contributed by atoms with Gasteiger partial charge in [0.1, 0.15) is 0 Å². The molecule has 8 heteroatoms. The van der Waals surface area contributed by atoms with Gasteiger partial charge in [-0.05, 0) is 41.5 Å². The molecule has 0 aromatic heterocycles. The zero-order valence-corrected chi connectivity index (χ0v) is 11.4. The number of fused-ring (bicyclic) bond motifs is 1. The van der Waals surface area contributed by atoms with Crippen LogP contribution in [-0.4, -0.2) is 25.9 Å². The lowest BCUT2D eigenvalue weighted by Crippen LogP contribution is -2.02. The van der Waals surface area contributed by atoms with Gasteiger partial charge >= 0.3 is 0 Å². The third-order valence-corrected chi connectivity index (χ3v) is 4.63.